The van der Waals surface area contributed by atoms with E-state index in [0.29, 0.717) is 5.69 Å². The molecular weight excluding hydrogens is 326 g/mol. The van der Waals surface area contributed by atoms with Gasteiger partial charge in [-0.15, -0.1) is 0 Å². The molecule has 0 radical (unpaired) electrons. The standard InChI is InChI=1S/C17H31NO5Si/c1-11(19)14(20)15(21)16(22)18-12-7-9-13(10-8-12)23-24(5,6)17(2,3)4/h7-11,14-16,18-22H,1-6H3/t11-,14+,15+,16?/m1/s1. The molecule has 0 bridgehead atoms. The highest BCUT2D eigenvalue weighted by molar-refractivity contribution is 6.74. The van der Waals surface area contributed by atoms with Gasteiger partial charge in [-0.25, -0.2) is 0 Å². The normalized spacial score (nSPS) is 17.8. The van der Waals surface area contributed by atoms with E-state index in [1.54, 1.807) is 24.3 Å². The van der Waals surface area contributed by atoms with Gasteiger partial charge in [-0.3, -0.25) is 0 Å². The molecule has 4 atom stereocenters. The molecule has 6 nitrogen and oxygen atoms in total. The molecule has 0 aliphatic rings. The van der Waals surface area contributed by atoms with Gasteiger partial charge in [0.2, 0.25) is 8.32 Å². The Labute approximate surface area is 145 Å². The third-order valence-electron chi connectivity index (χ3n) is 4.52. The van der Waals surface area contributed by atoms with Gasteiger partial charge in [0.1, 0.15) is 18.0 Å². The average molecular weight is 358 g/mol. The molecule has 138 valence electrons. The van der Waals surface area contributed by atoms with Gasteiger partial charge in [-0.2, -0.15) is 0 Å². The zero-order valence-electron chi connectivity index (χ0n) is 15.3. The van der Waals surface area contributed by atoms with Crippen molar-refractivity contribution in [3.63, 3.8) is 0 Å². The number of benzene rings is 1. The van der Waals surface area contributed by atoms with E-state index in [9.17, 15) is 20.4 Å². The van der Waals surface area contributed by atoms with Crippen LogP contribution in [0.2, 0.25) is 18.1 Å². The zero-order chi connectivity index (χ0) is 18.7. The summed E-state index contributed by atoms with van der Waals surface area (Å²) in [6.45, 7) is 12.2. The molecule has 7 heteroatoms. The number of aliphatic hydroxyl groups is 4. The minimum Gasteiger partial charge on any atom is -0.544 e. The smallest absolute Gasteiger partial charge is 0.250 e. The molecule has 1 aromatic carbocycles. The summed E-state index contributed by atoms with van der Waals surface area (Å²) >= 11 is 0. The lowest BCUT2D eigenvalue weighted by Gasteiger charge is -2.36. The van der Waals surface area contributed by atoms with E-state index >= 15 is 0 Å². The zero-order valence-corrected chi connectivity index (χ0v) is 16.3. The lowest BCUT2D eigenvalue weighted by molar-refractivity contribution is -0.0922. The monoisotopic (exact) mass is 357 g/mol. The van der Waals surface area contributed by atoms with Gasteiger partial charge in [0.15, 0.2) is 6.23 Å². The fraction of sp³-hybridized carbons (Fsp3) is 0.647. The van der Waals surface area contributed by atoms with Crippen LogP contribution in [0, 0.1) is 0 Å². The second-order valence-electron chi connectivity index (χ2n) is 7.70. The molecule has 0 saturated carbocycles. The quantitative estimate of drug-likeness (QED) is 0.377. The van der Waals surface area contributed by atoms with Crippen LogP contribution in [0.4, 0.5) is 5.69 Å². The van der Waals surface area contributed by atoms with Crippen molar-refractivity contribution in [2.75, 3.05) is 5.32 Å². The predicted octanol–water partition coefficient (Wildman–Crippen LogP) is 1.90. The molecule has 0 fully saturated rings. The van der Waals surface area contributed by atoms with Crippen LogP contribution in [0.5, 0.6) is 5.75 Å². The largest absolute Gasteiger partial charge is 0.544 e. The maximum absolute atomic E-state index is 9.90. The molecule has 0 spiro atoms. The van der Waals surface area contributed by atoms with Gasteiger partial charge in [-0.1, -0.05) is 20.8 Å². The summed E-state index contributed by atoms with van der Waals surface area (Å²) in [5, 5.41) is 41.3. The van der Waals surface area contributed by atoms with E-state index in [4.69, 9.17) is 4.43 Å². The number of hydrogen-bond donors (Lipinski definition) is 5. The fourth-order valence-corrected chi connectivity index (χ4v) is 2.83. The first-order valence-corrected chi connectivity index (χ1v) is 11.0. The van der Waals surface area contributed by atoms with E-state index in [0.717, 1.165) is 5.75 Å². The van der Waals surface area contributed by atoms with Crippen LogP contribution in [0.1, 0.15) is 27.7 Å². The molecule has 0 aliphatic carbocycles. The Morgan fingerprint density at radius 2 is 1.46 bits per heavy atom. The van der Waals surface area contributed by atoms with Crippen LogP contribution in [-0.4, -0.2) is 53.3 Å². The minimum absolute atomic E-state index is 0.0986. The third kappa shape index (κ3) is 5.46. The number of anilines is 1. The Hall–Kier alpha value is -1.12. The van der Waals surface area contributed by atoms with Crippen molar-refractivity contribution in [1.29, 1.82) is 0 Å². The number of aliphatic hydroxyl groups excluding tert-OH is 4. The Balaban J connectivity index is 2.72. The first kappa shape index (κ1) is 20.9. The molecule has 0 aromatic heterocycles. The van der Waals surface area contributed by atoms with E-state index in [1.807, 2.05) is 0 Å². The van der Waals surface area contributed by atoms with Gasteiger partial charge < -0.3 is 30.2 Å². The Kier molecular flexibility index (Phi) is 6.83. The van der Waals surface area contributed by atoms with E-state index in [-0.39, 0.29) is 5.04 Å². The Morgan fingerprint density at radius 3 is 1.88 bits per heavy atom. The van der Waals surface area contributed by atoms with Crippen LogP contribution in [0.25, 0.3) is 0 Å². The lowest BCUT2D eigenvalue weighted by atomic mass is 10.1. The summed E-state index contributed by atoms with van der Waals surface area (Å²) in [7, 11) is -1.91. The molecular formula is C17H31NO5Si. The van der Waals surface area contributed by atoms with Crippen molar-refractivity contribution in [3.05, 3.63) is 24.3 Å². The molecule has 24 heavy (non-hydrogen) atoms. The molecule has 0 aliphatic heterocycles. The van der Waals surface area contributed by atoms with Crippen LogP contribution >= 0.6 is 0 Å². The van der Waals surface area contributed by atoms with Gasteiger partial charge >= 0.3 is 0 Å². The molecule has 0 amide bonds. The molecule has 1 unspecified atom stereocenters. The van der Waals surface area contributed by atoms with Crippen LogP contribution in [-0.2, 0) is 0 Å². The topological polar surface area (TPSA) is 102 Å². The lowest BCUT2D eigenvalue weighted by Crippen LogP contribution is -2.46. The van der Waals surface area contributed by atoms with Crippen molar-refractivity contribution in [1.82, 2.24) is 0 Å². The maximum atomic E-state index is 9.90. The van der Waals surface area contributed by atoms with Gasteiger partial charge in [0, 0.05) is 5.69 Å². The molecule has 5 N–H and O–H groups in total. The summed E-state index contributed by atoms with van der Waals surface area (Å²) in [4.78, 5) is 0. The first-order chi connectivity index (χ1) is 10.8. The Morgan fingerprint density at radius 1 is 0.958 bits per heavy atom. The van der Waals surface area contributed by atoms with Crippen LogP contribution < -0.4 is 9.74 Å². The SMILES string of the molecule is C[C@@H](O)[C@H](O)[C@H](O)C(O)Nc1ccc(O[Si](C)(C)C(C)(C)C)cc1. The fourth-order valence-electron chi connectivity index (χ4n) is 1.80. The van der Waals surface area contributed by atoms with Crippen molar-refractivity contribution in [2.24, 2.45) is 0 Å². The summed E-state index contributed by atoms with van der Waals surface area (Å²) in [5.74, 6) is 0.756. The molecule has 0 saturated heterocycles. The van der Waals surface area contributed by atoms with Crippen LogP contribution in [0.15, 0.2) is 24.3 Å². The molecule has 0 heterocycles. The van der Waals surface area contributed by atoms with E-state index in [2.05, 4.69) is 39.2 Å². The van der Waals surface area contributed by atoms with Crippen LogP contribution in [0.3, 0.4) is 0 Å². The number of hydrogen-bond acceptors (Lipinski definition) is 6. The van der Waals surface area contributed by atoms with Crippen molar-refractivity contribution >= 4 is 14.0 Å². The summed E-state index contributed by atoms with van der Waals surface area (Å²) < 4.78 is 6.17. The first-order valence-electron chi connectivity index (χ1n) is 8.13. The van der Waals surface area contributed by atoms with Gasteiger partial charge in [0.25, 0.3) is 0 Å². The van der Waals surface area contributed by atoms with Gasteiger partial charge in [0.05, 0.1) is 6.10 Å². The summed E-state index contributed by atoms with van der Waals surface area (Å²) in [6.07, 6.45) is -5.49. The predicted molar refractivity (Wildman–Crippen MR) is 97.6 cm³/mol. The number of nitrogens with one attached hydrogen (secondary N) is 1. The van der Waals surface area contributed by atoms with Gasteiger partial charge in [-0.05, 0) is 49.3 Å². The molecule has 1 aromatic rings. The average Bonchev–Trinajstić information content (AvgIpc) is 2.46. The Bertz CT molecular complexity index is 513. The van der Waals surface area contributed by atoms with Crippen molar-refractivity contribution in [3.8, 4) is 5.75 Å². The minimum atomic E-state index is -1.91. The molecule has 1 rings (SSSR count). The summed E-state index contributed by atoms with van der Waals surface area (Å²) in [5.41, 5.74) is 0.571. The number of rotatable bonds is 7. The van der Waals surface area contributed by atoms with E-state index in [1.165, 1.54) is 6.92 Å². The van der Waals surface area contributed by atoms with Crippen molar-refractivity contribution in [2.45, 2.75) is 70.4 Å². The highest BCUT2D eigenvalue weighted by Crippen LogP contribution is 2.37. The second-order valence-corrected chi connectivity index (χ2v) is 12.4. The van der Waals surface area contributed by atoms with Crippen molar-refractivity contribution < 1.29 is 24.9 Å². The highest BCUT2D eigenvalue weighted by atomic mass is 28.4. The summed E-state index contributed by atoms with van der Waals surface area (Å²) in [6, 6.07) is 7.06. The second kappa shape index (κ2) is 7.84. The highest BCUT2D eigenvalue weighted by Gasteiger charge is 2.38. The van der Waals surface area contributed by atoms with E-state index < -0.39 is 32.9 Å². The third-order valence-corrected chi connectivity index (χ3v) is 8.87. The maximum Gasteiger partial charge on any atom is 0.250 e.